The molecule has 0 unspecified atom stereocenters. The molecule has 4 nitrogen and oxygen atoms in total. The highest BCUT2D eigenvalue weighted by molar-refractivity contribution is 5.95. The Balaban J connectivity index is 1.54. The molecule has 1 aliphatic heterocycles. The largest absolute Gasteiger partial charge is 0.475 e. The fourth-order valence-electron chi connectivity index (χ4n) is 2.81. The second kappa shape index (κ2) is 11.2. The van der Waals surface area contributed by atoms with Crippen LogP contribution < -0.4 is 0 Å². The van der Waals surface area contributed by atoms with Crippen LogP contribution in [0.15, 0.2) is 35.3 Å². The van der Waals surface area contributed by atoms with E-state index in [2.05, 4.69) is 11.9 Å². The average Bonchev–Trinajstić information content (AvgIpc) is 3.08. The zero-order valence-corrected chi connectivity index (χ0v) is 14.8. The fraction of sp³-hybridized carbons (Fsp3) is 0.650. The van der Waals surface area contributed by atoms with Gasteiger partial charge in [-0.2, -0.15) is 0 Å². The van der Waals surface area contributed by atoms with E-state index in [0.29, 0.717) is 32.1 Å². The third-order valence-electron chi connectivity index (χ3n) is 4.28. The van der Waals surface area contributed by atoms with Crippen molar-refractivity contribution in [2.75, 3.05) is 19.8 Å². The number of aliphatic hydroxyl groups excluding tert-OH is 1. The molecular weight excluding hydrogens is 302 g/mol. The van der Waals surface area contributed by atoms with Crippen LogP contribution in [0.3, 0.4) is 0 Å². The van der Waals surface area contributed by atoms with Gasteiger partial charge in [0.1, 0.15) is 12.6 Å². The number of aliphatic hydroxyl groups is 1. The van der Waals surface area contributed by atoms with Crippen LogP contribution in [-0.4, -0.2) is 43.0 Å². The van der Waals surface area contributed by atoms with Gasteiger partial charge in [0, 0.05) is 12.2 Å². The van der Waals surface area contributed by atoms with Crippen molar-refractivity contribution < 1.29 is 14.6 Å². The molecule has 0 amide bonds. The zero-order valence-electron chi connectivity index (χ0n) is 14.8. The minimum atomic E-state index is -0.241. The van der Waals surface area contributed by atoms with E-state index in [4.69, 9.17) is 9.47 Å². The summed E-state index contributed by atoms with van der Waals surface area (Å²) in [6.07, 6.45) is 7.53. The van der Waals surface area contributed by atoms with Crippen LogP contribution in [0, 0.1) is 0 Å². The Bertz CT molecular complexity index is 475. The highest BCUT2D eigenvalue weighted by Crippen LogP contribution is 2.13. The first kappa shape index (κ1) is 18.9. The van der Waals surface area contributed by atoms with E-state index in [9.17, 15) is 5.11 Å². The van der Waals surface area contributed by atoms with E-state index >= 15 is 0 Å². The molecule has 1 aromatic rings. The standard InChI is InChI=1S/C20H31NO3/c1-2-3-4-5-9-12-19(22)13-14-23-15-18-16-24-20(21-18)17-10-7-6-8-11-17/h6-8,10-11,18-19,22H,2-5,9,12-16H2,1H3/t18-,19-/m1/s1. The predicted molar refractivity (Wildman–Crippen MR) is 97.5 cm³/mol. The highest BCUT2D eigenvalue weighted by Gasteiger charge is 2.20. The summed E-state index contributed by atoms with van der Waals surface area (Å²) in [6, 6.07) is 10.0. The topological polar surface area (TPSA) is 51.0 Å². The Morgan fingerprint density at radius 3 is 2.75 bits per heavy atom. The normalized spacial score (nSPS) is 18.2. The molecule has 2 rings (SSSR count). The van der Waals surface area contributed by atoms with E-state index in [0.717, 1.165) is 18.4 Å². The molecule has 0 aromatic heterocycles. The number of aliphatic imine (C=N–C) groups is 1. The van der Waals surface area contributed by atoms with Gasteiger partial charge in [0.05, 0.1) is 12.7 Å². The Morgan fingerprint density at radius 1 is 1.17 bits per heavy atom. The summed E-state index contributed by atoms with van der Waals surface area (Å²) in [7, 11) is 0. The van der Waals surface area contributed by atoms with Gasteiger partial charge in [-0.05, 0) is 25.0 Å². The molecule has 1 aromatic carbocycles. The number of unbranched alkanes of at least 4 members (excludes halogenated alkanes) is 4. The maximum atomic E-state index is 9.96. The smallest absolute Gasteiger partial charge is 0.216 e. The summed E-state index contributed by atoms with van der Waals surface area (Å²) >= 11 is 0. The number of rotatable bonds is 12. The summed E-state index contributed by atoms with van der Waals surface area (Å²) in [5.74, 6) is 0.705. The molecule has 0 fully saturated rings. The average molecular weight is 333 g/mol. The van der Waals surface area contributed by atoms with Crippen molar-refractivity contribution in [2.45, 2.75) is 64.0 Å². The molecule has 0 bridgehead atoms. The van der Waals surface area contributed by atoms with E-state index in [1.54, 1.807) is 0 Å². The zero-order chi connectivity index (χ0) is 17.0. The van der Waals surface area contributed by atoms with Gasteiger partial charge in [0.25, 0.3) is 0 Å². The van der Waals surface area contributed by atoms with E-state index in [-0.39, 0.29) is 12.1 Å². The molecular formula is C20H31NO3. The van der Waals surface area contributed by atoms with Crippen LogP contribution in [0.5, 0.6) is 0 Å². The summed E-state index contributed by atoms with van der Waals surface area (Å²) < 4.78 is 11.3. The Labute approximate surface area is 145 Å². The summed E-state index contributed by atoms with van der Waals surface area (Å²) in [5, 5.41) is 9.96. The highest BCUT2D eigenvalue weighted by atomic mass is 16.5. The molecule has 24 heavy (non-hydrogen) atoms. The van der Waals surface area contributed by atoms with Crippen molar-refractivity contribution in [2.24, 2.45) is 4.99 Å². The molecule has 134 valence electrons. The van der Waals surface area contributed by atoms with Crippen molar-refractivity contribution >= 4 is 5.90 Å². The molecule has 0 radical (unpaired) electrons. The van der Waals surface area contributed by atoms with Crippen LogP contribution in [0.2, 0.25) is 0 Å². The van der Waals surface area contributed by atoms with Gasteiger partial charge in [-0.1, -0.05) is 57.2 Å². The van der Waals surface area contributed by atoms with Gasteiger partial charge in [0.2, 0.25) is 5.90 Å². The lowest BCUT2D eigenvalue weighted by Gasteiger charge is -2.11. The van der Waals surface area contributed by atoms with Crippen molar-refractivity contribution in [3.8, 4) is 0 Å². The summed E-state index contributed by atoms with van der Waals surface area (Å²) in [6.45, 7) is 3.93. The van der Waals surface area contributed by atoms with Crippen LogP contribution in [0.4, 0.5) is 0 Å². The number of ether oxygens (including phenoxy) is 2. The Morgan fingerprint density at radius 2 is 1.96 bits per heavy atom. The van der Waals surface area contributed by atoms with Gasteiger partial charge in [-0.15, -0.1) is 0 Å². The van der Waals surface area contributed by atoms with Crippen LogP contribution in [0.1, 0.15) is 57.4 Å². The minimum Gasteiger partial charge on any atom is -0.475 e. The lowest BCUT2D eigenvalue weighted by molar-refractivity contribution is 0.0675. The molecule has 2 atom stereocenters. The van der Waals surface area contributed by atoms with Gasteiger partial charge >= 0.3 is 0 Å². The van der Waals surface area contributed by atoms with Crippen LogP contribution in [0.25, 0.3) is 0 Å². The predicted octanol–water partition coefficient (Wildman–Crippen LogP) is 3.96. The number of hydrogen-bond acceptors (Lipinski definition) is 4. The Hall–Kier alpha value is -1.39. The van der Waals surface area contributed by atoms with Crippen molar-refractivity contribution in [3.63, 3.8) is 0 Å². The quantitative estimate of drug-likeness (QED) is 0.589. The van der Waals surface area contributed by atoms with Crippen molar-refractivity contribution in [1.82, 2.24) is 0 Å². The van der Waals surface area contributed by atoms with Crippen molar-refractivity contribution in [1.29, 1.82) is 0 Å². The second-order valence-corrected chi connectivity index (χ2v) is 6.49. The monoisotopic (exact) mass is 333 g/mol. The molecule has 0 saturated carbocycles. The summed E-state index contributed by atoms with van der Waals surface area (Å²) in [5.41, 5.74) is 1.01. The number of nitrogens with zero attached hydrogens (tertiary/aromatic N) is 1. The number of benzene rings is 1. The Kier molecular flexibility index (Phi) is 8.85. The lowest BCUT2D eigenvalue weighted by Crippen LogP contribution is -2.17. The molecule has 1 N–H and O–H groups in total. The van der Waals surface area contributed by atoms with Crippen LogP contribution >= 0.6 is 0 Å². The maximum absolute atomic E-state index is 9.96. The number of hydrogen-bond donors (Lipinski definition) is 1. The molecule has 0 saturated heterocycles. The summed E-state index contributed by atoms with van der Waals surface area (Å²) in [4.78, 5) is 4.56. The van der Waals surface area contributed by atoms with Gasteiger partial charge < -0.3 is 14.6 Å². The third-order valence-corrected chi connectivity index (χ3v) is 4.28. The van der Waals surface area contributed by atoms with Gasteiger partial charge in [0.15, 0.2) is 0 Å². The van der Waals surface area contributed by atoms with Crippen molar-refractivity contribution in [3.05, 3.63) is 35.9 Å². The van der Waals surface area contributed by atoms with E-state index in [1.165, 1.54) is 25.7 Å². The second-order valence-electron chi connectivity index (χ2n) is 6.49. The van der Waals surface area contributed by atoms with Gasteiger partial charge in [-0.25, -0.2) is 4.99 Å². The SMILES string of the molecule is CCCCCCC[C@@H](O)CCOC[C@@H]1COC(c2ccccc2)=N1. The lowest BCUT2D eigenvalue weighted by atomic mass is 10.1. The van der Waals surface area contributed by atoms with E-state index in [1.807, 2.05) is 30.3 Å². The van der Waals surface area contributed by atoms with Crippen LogP contribution in [-0.2, 0) is 9.47 Å². The molecule has 4 heteroatoms. The molecule has 0 spiro atoms. The van der Waals surface area contributed by atoms with Gasteiger partial charge in [-0.3, -0.25) is 0 Å². The first-order valence-corrected chi connectivity index (χ1v) is 9.31. The molecule has 0 aliphatic carbocycles. The fourth-order valence-corrected chi connectivity index (χ4v) is 2.81. The third kappa shape index (κ3) is 7.02. The minimum absolute atomic E-state index is 0.0615. The first-order chi connectivity index (χ1) is 11.8. The first-order valence-electron chi connectivity index (χ1n) is 9.31. The maximum Gasteiger partial charge on any atom is 0.216 e. The molecule has 1 heterocycles. The van der Waals surface area contributed by atoms with E-state index < -0.39 is 0 Å². The molecule has 1 aliphatic rings.